The minimum atomic E-state index is -0.522. The van der Waals surface area contributed by atoms with Crippen LogP contribution in [-0.2, 0) is 11.2 Å². The highest BCUT2D eigenvalue weighted by atomic mass is 32.2. The Morgan fingerprint density at radius 1 is 1.12 bits per heavy atom. The van der Waals surface area contributed by atoms with Crippen LogP contribution in [0.5, 0.6) is 5.75 Å². The minimum Gasteiger partial charge on any atom is -0.494 e. The molecule has 1 unspecified atom stereocenters. The molecule has 1 aliphatic rings. The second kappa shape index (κ2) is 10.3. The number of carbonyl (C=O) groups excluding carboxylic acids is 3. The summed E-state index contributed by atoms with van der Waals surface area (Å²) in [5.41, 5.74) is 1.42. The van der Waals surface area contributed by atoms with Crippen LogP contribution in [0.1, 0.15) is 29.5 Å². The Labute approximate surface area is 194 Å². The van der Waals surface area contributed by atoms with Crippen molar-refractivity contribution < 1.29 is 19.1 Å². The van der Waals surface area contributed by atoms with Crippen LogP contribution in [-0.4, -0.2) is 50.9 Å². The fraction of sp³-hybridized carbons (Fsp3) is 0.261. The minimum absolute atomic E-state index is 0.0143. The van der Waals surface area contributed by atoms with Crippen molar-refractivity contribution in [2.24, 2.45) is 0 Å². The van der Waals surface area contributed by atoms with Crippen molar-refractivity contribution in [3.05, 3.63) is 66.0 Å². The number of Topliss-reactive ketones (excluding diaryl/α,β-unsaturated/α-hetero) is 1. The summed E-state index contributed by atoms with van der Waals surface area (Å²) in [6.07, 6.45) is 0.462. The highest BCUT2D eigenvalue weighted by molar-refractivity contribution is 7.99. The van der Waals surface area contributed by atoms with Gasteiger partial charge in [-0.25, -0.2) is 4.79 Å². The number of nitrogens with one attached hydrogen (secondary N) is 2. The molecule has 0 spiro atoms. The zero-order chi connectivity index (χ0) is 23.2. The predicted octanol–water partition coefficient (Wildman–Crippen LogP) is 2.78. The second-order valence-electron chi connectivity index (χ2n) is 7.37. The number of hydrogen-bond donors (Lipinski definition) is 2. The molecule has 1 atom stereocenters. The largest absolute Gasteiger partial charge is 0.494 e. The van der Waals surface area contributed by atoms with Gasteiger partial charge in [-0.3, -0.25) is 19.5 Å². The monoisotopic (exact) mass is 465 g/mol. The van der Waals surface area contributed by atoms with Crippen LogP contribution in [0.2, 0.25) is 0 Å². The van der Waals surface area contributed by atoms with Crippen molar-refractivity contribution in [3.63, 3.8) is 0 Å². The normalized spacial score (nSPS) is 15.6. The number of benzene rings is 2. The molecular weight excluding hydrogens is 442 g/mol. The number of nitrogens with zero attached hydrogens (tertiary/aromatic N) is 3. The molecule has 3 aromatic rings. The molecule has 2 heterocycles. The molecule has 4 rings (SSSR count). The quantitative estimate of drug-likeness (QED) is 0.369. The molecule has 2 N–H and O–H groups in total. The molecule has 0 bridgehead atoms. The average Bonchev–Trinajstić information content (AvgIpc) is 3.20. The molecule has 0 saturated carbocycles. The van der Waals surface area contributed by atoms with Crippen LogP contribution < -0.4 is 15.4 Å². The summed E-state index contributed by atoms with van der Waals surface area (Å²) in [5.74, 6) is 1.16. The van der Waals surface area contributed by atoms with Gasteiger partial charge in [0.05, 0.1) is 12.4 Å². The first-order valence-electron chi connectivity index (χ1n) is 10.5. The topological polar surface area (TPSA) is 115 Å². The van der Waals surface area contributed by atoms with E-state index in [0.29, 0.717) is 29.6 Å². The number of hydrogen-bond acceptors (Lipinski definition) is 7. The van der Waals surface area contributed by atoms with Crippen LogP contribution >= 0.6 is 11.8 Å². The zero-order valence-electron chi connectivity index (χ0n) is 18.0. The van der Waals surface area contributed by atoms with E-state index in [2.05, 4.69) is 20.8 Å². The molecular formula is C23H23N5O4S. The van der Waals surface area contributed by atoms with Gasteiger partial charge in [0.15, 0.2) is 10.9 Å². The number of imide groups is 1. The van der Waals surface area contributed by atoms with Crippen LogP contribution in [0.3, 0.4) is 0 Å². The zero-order valence-corrected chi connectivity index (χ0v) is 18.8. The number of rotatable bonds is 9. The van der Waals surface area contributed by atoms with Crippen molar-refractivity contribution in [2.75, 3.05) is 12.4 Å². The van der Waals surface area contributed by atoms with Gasteiger partial charge >= 0.3 is 6.03 Å². The lowest BCUT2D eigenvalue weighted by atomic mass is 10.1. The van der Waals surface area contributed by atoms with Gasteiger partial charge in [0, 0.05) is 30.1 Å². The van der Waals surface area contributed by atoms with E-state index < -0.39 is 12.1 Å². The van der Waals surface area contributed by atoms with Crippen LogP contribution in [0.15, 0.2) is 59.8 Å². The highest BCUT2D eigenvalue weighted by Crippen LogP contribution is 2.25. The molecule has 1 aromatic heterocycles. The van der Waals surface area contributed by atoms with Crippen molar-refractivity contribution >= 4 is 29.5 Å². The molecule has 10 heteroatoms. The Balaban J connectivity index is 1.59. The standard InChI is InChI=1S/C23H23N5O4S/c1-2-32-18-10-8-17(9-11-18)28-20(12-16-13-21(30)25-22(31)24-16)26-27-23(28)33-14-19(29)15-6-4-3-5-7-15/h3-11,16H,2,12-14H2,1H3,(H2,24,25,30,31). The summed E-state index contributed by atoms with van der Waals surface area (Å²) in [6, 6.07) is 15.6. The van der Waals surface area contributed by atoms with Crippen molar-refractivity contribution in [1.82, 2.24) is 25.4 Å². The van der Waals surface area contributed by atoms with Crippen molar-refractivity contribution in [3.8, 4) is 11.4 Å². The SMILES string of the molecule is CCOc1ccc(-n2c(CC3CC(=O)NC(=O)N3)nnc2SCC(=O)c2ccccc2)cc1. The number of thioether (sulfide) groups is 1. The number of carbonyl (C=O) groups is 3. The first-order chi connectivity index (χ1) is 16.0. The van der Waals surface area contributed by atoms with E-state index in [0.717, 1.165) is 11.4 Å². The molecule has 1 aliphatic heterocycles. The molecule has 1 fully saturated rings. The van der Waals surface area contributed by atoms with Gasteiger partial charge in [-0.1, -0.05) is 42.1 Å². The first kappa shape index (κ1) is 22.5. The summed E-state index contributed by atoms with van der Waals surface area (Å²) in [6.45, 7) is 2.47. The van der Waals surface area contributed by atoms with Gasteiger partial charge in [-0.05, 0) is 31.2 Å². The molecule has 0 radical (unpaired) electrons. The van der Waals surface area contributed by atoms with E-state index in [4.69, 9.17) is 4.74 Å². The summed E-state index contributed by atoms with van der Waals surface area (Å²) in [5, 5.41) is 14.1. The number of ether oxygens (including phenoxy) is 1. The summed E-state index contributed by atoms with van der Waals surface area (Å²) in [7, 11) is 0. The number of urea groups is 1. The third-order valence-electron chi connectivity index (χ3n) is 4.98. The lowest BCUT2D eigenvalue weighted by Gasteiger charge is -2.23. The summed E-state index contributed by atoms with van der Waals surface area (Å²) in [4.78, 5) is 36.1. The Morgan fingerprint density at radius 2 is 1.88 bits per heavy atom. The first-order valence-corrected chi connectivity index (χ1v) is 11.5. The molecule has 1 saturated heterocycles. The van der Waals surface area contributed by atoms with Gasteiger partial charge in [0.25, 0.3) is 0 Å². The lowest BCUT2D eigenvalue weighted by molar-refractivity contribution is -0.121. The van der Waals surface area contributed by atoms with Crippen LogP contribution in [0, 0.1) is 0 Å². The Bertz CT molecular complexity index is 1130. The van der Waals surface area contributed by atoms with E-state index in [1.54, 1.807) is 12.1 Å². The number of aromatic nitrogens is 3. The van der Waals surface area contributed by atoms with E-state index in [9.17, 15) is 14.4 Å². The smallest absolute Gasteiger partial charge is 0.321 e. The fourth-order valence-electron chi connectivity index (χ4n) is 3.50. The van der Waals surface area contributed by atoms with E-state index in [1.165, 1.54) is 11.8 Å². The van der Waals surface area contributed by atoms with Gasteiger partial charge in [0.2, 0.25) is 5.91 Å². The van der Waals surface area contributed by atoms with Gasteiger partial charge in [0.1, 0.15) is 11.6 Å². The Kier molecular flexibility index (Phi) is 7.04. The fourth-order valence-corrected chi connectivity index (χ4v) is 4.36. The second-order valence-corrected chi connectivity index (χ2v) is 8.31. The summed E-state index contributed by atoms with van der Waals surface area (Å²) >= 11 is 1.29. The van der Waals surface area contributed by atoms with E-state index >= 15 is 0 Å². The maximum Gasteiger partial charge on any atom is 0.321 e. The summed E-state index contributed by atoms with van der Waals surface area (Å²) < 4.78 is 7.37. The molecule has 2 aromatic carbocycles. The molecule has 33 heavy (non-hydrogen) atoms. The Morgan fingerprint density at radius 3 is 2.58 bits per heavy atom. The number of ketones is 1. The number of amides is 3. The molecule has 9 nitrogen and oxygen atoms in total. The van der Waals surface area contributed by atoms with E-state index in [1.807, 2.05) is 54.0 Å². The maximum absolute atomic E-state index is 12.6. The van der Waals surface area contributed by atoms with Gasteiger partial charge < -0.3 is 10.1 Å². The maximum atomic E-state index is 12.6. The Hall–Kier alpha value is -3.66. The van der Waals surface area contributed by atoms with Gasteiger partial charge in [-0.15, -0.1) is 10.2 Å². The molecule has 170 valence electrons. The predicted molar refractivity (Wildman–Crippen MR) is 123 cm³/mol. The van der Waals surface area contributed by atoms with Gasteiger partial charge in [-0.2, -0.15) is 0 Å². The third-order valence-corrected chi connectivity index (χ3v) is 5.91. The van der Waals surface area contributed by atoms with E-state index in [-0.39, 0.29) is 23.9 Å². The third kappa shape index (κ3) is 5.58. The molecule has 3 amide bonds. The van der Waals surface area contributed by atoms with Crippen molar-refractivity contribution in [2.45, 2.75) is 31.0 Å². The van der Waals surface area contributed by atoms with Crippen LogP contribution in [0.4, 0.5) is 4.79 Å². The molecule has 0 aliphatic carbocycles. The van der Waals surface area contributed by atoms with Crippen LogP contribution in [0.25, 0.3) is 5.69 Å². The van der Waals surface area contributed by atoms with Crippen molar-refractivity contribution in [1.29, 1.82) is 0 Å². The highest BCUT2D eigenvalue weighted by Gasteiger charge is 2.27. The lowest BCUT2D eigenvalue weighted by Crippen LogP contribution is -2.53. The average molecular weight is 466 g/mol.